The van der Waals surface area contributed by atoms with Crippen molar-refractivity contribution in [3.05, 3.63) is 35.6 Å². The number of furan rings is 1. The molecule has 1 aromatic heterocycles. The van der Waals surface area contributed by atoms with E-state index in [1.165, 1.54) is 51.4 Å². The van der Waals surface area contributed by atoms with E-state index in [-0.39, 0.29) is 17.7 Å². The number of piperidine rings is 1. The minimum absolute atomic E-state index is 0.203. The van der Waals surface area contributed by atoms with Gasteiger partial charge in [-0.1, -0.05) is 43.9 Å². The van der Waals surface area contributed by atoms with Crippen LogP contribution in [0.5, 0.6) is 0 Å². The van der Waals surface area contributed by atoms with Crippen LogP contribution < -0.4 is 10.6 Å². The first kappa shape index (κ1) is 22.6. The minimum Gasteiger partial charge on any atom is -0.464 e. The van der Waals surface area contributed by atoms with E-state index in [2.05, 4.69) is 22.5 Å². The molecule has 4 rings (SSSR count). The number of amides is 2. The minimum atomic E-state index is -0.343. The van der Waals surface area contributed by atoms with E-state index in [1.54, 1.807) is 6.26 Å². The summed E-state index contributed by atoms with van der Waals surface area (Å²) >= 11 is 0. The monoisotopic (exact) mass is 434 g/mol. The lowest BCUT2D eigenvalue weighted by Gasteiger charge is -2.22. The Morgan fingerprint density at radius 1 is 1.03 bits per heavy atom. The second kappa shape index (κ2) is 11.3. The lowest BCUT2D eigenvalue weighted by molar-refractivity contribution is -0.134. The second-order valence-corrected chi connectivity index (χ2v) is 9.16. The van der Waals surface area contributed by atoms with Gasteiger partial charge in [-0.2, -0.15) is 0 Å². The highest BCUT2D eigenvalue weighted by molar-refractivity contribution is 6.02. The molecule has 2 aromatic rings. The number of fused-ring (bicyclic) bond motifs is 1. The molecule has 2 amide bonds. The van der Waals surface area contributed by atoms with Crippen LogP contribution in [0.4, 0.5) is 0 Å². The number of nitrogens with one attached hydrogen (secondary N) is 2. The zero-order valence-corrected chi connectivity index (χ0v) is 18.9. The molecular weight excluding hydrogens is 400 g/mol. The maximum Gasteiger partial charge on any atom is 0.234 e. The van der Waals surface area contributed by atoms with E-state index in [9.17, 15) is 9.59 Å². The van der Waals surface area contributed by atoms with Gasteiger partial charge in [-0.25, -0.2) is 0 Å². The first-order valence-corrected chi connectivity index (χ1v) is 12.3. The zero-order chi connectivity index (χ0) is 22.2. The molecular formula is C27H34N2O3. The molecule has 1 atom stereocenters. The number of benzene rings is 1. The molecule has 170 valence electrons. The predicted octanol–water partition coefficient (Wildman–Crippen LogP) is 5.18. The third-order valence-corrected chi connectivity index (χ3v) is 6.72. The third-order valence-electron chi connectivity index (χ3n) is 6.72. The van der Waals surface area contributed by atoms with Crippen molar-refractivity contribution in [2.75, 3.05) is 6.54 Å². The topological polar surface area (TPSA) is 71.3 Å². The van der Waals surface area contributed by atoms with Gasteiger partial charge in [0.1, 0.15) is 5.58 Å². The van der Waals surface area contributed by atoms with Crippen molar-refractivity contribution in [1.82, 2.24) is 10.6 Å². The molecule has 1 aromatic carbocycles. The lowest BCUT2D eigenvalue weighted by atomic mass is 9.90. The molecule has 0 bridgehead atoms. The maximum absolute atomic E-state index is 12.2. The first-order valence-electron chi connectivity index (χ1n) is 12.3. The summed E-state index contributed by atoms with van der Waals surface area (Å²) in [6.45, 7) is 1.15. The Bertz CT molecular complexity index is 991. The fourth-order valence-electron chi connectivity index (χ4n) is 4.86. The fourth-order valence-corrected chi connectivity index (χ4v) is 4.86. The highest BCUT2D eigenvalue weighted by Gasteiger charge is 2.30. The molecule has 0 radical (unpaired) electrons. The second-order valence-electron chi connectivity index (χ2n) is 9.16. The van der Waals surface area contributed by atoms with Crippen molar-refractivity contribution < 1.29 is 14.0 Å². The number of unbranched alkanes of at least 4 members (excludes halogenated alkanes) is 4. The Labute approximate surface area is 190 Å². The van der Waals surface area contributed by atoms with E-state index in [1.807, 2.05) is 18.2 Å². The molecule has 2 N–H and O–H groups in total. The van der Waals surface area contributed by atoms with Gasteiger partial charge in [0, 0.05) is 35.4 Å². The summed E-state index contributed by atoms with van der Waals surface area (Å²) in [6, 6.07) is 6.64. The summed E-state index contributed by atoms with van der Waals surface area (Å²) in [5.74, 6) is 5.77. The number of hydrogen-bond donors (Lipinski definition) is 2. The molecule has 5 nitrogen and oxygen atoms in total. The van der Waals surface area contributed by atoms with E-state index in [4.69, 9.17) is 4.42 Å². The number of rotatable bonds is 8. The average Bonchev–Trinajstić information content (AvgIpc) is 3.22. The molecule has 2 fully saturated rings. The average molecular weight is 435 g/mol. The molecule has 5 heteroatoms. The van der Waals surface area contributed by atoms with Gasteiger partial charge in [0.15, 0.2) is 0 Å². The van der Waals surface area contributed by atoms with E-state index < -0.39 is 0 Å². The van der Waals surface area contributed by atoms with Gasteiger partial charge in [0.05, 0.1) is 12.2 Å². The van der Waals surface area contributed by atoms with Gasteiger partial charge in [0.25, 0.3) is 0 Å². The van der Waals surface area contributed by atoms with Crippen LogP contribution in [-0.4, -0.2) is 24.4 Å². The van der Waals surface area contributed by atoms with Crippen LogP contribution in [0.2, 0.25) is 0 Å². The van der Waals surface area contributed by atoms with Crippen LogP contribution in [0.15, 0.2) is 28.9 Å². The third kappa shape index (κ3) is 6.01. The smallest absolute Gasteiger partial charge is 0.234 e. The number of carbonyl (C=O) groups is 2. The number of imide groups is 1. The van der Waals surface area contributed by atoms with E-state index in [0.29, 0.717) is 12.8 Å². The summed E-state index contributed by atoms with van der Waals surface area (Å²) in [6.07, 6.45) is 15.2. The SMILES string of the molecule is O=C1CCC(c2coc3ccc(C#CCCCCCCNC4CCCCC4)cc23)C(=O)N1. The summed E-state index contributed by atoms with van der Waals surface area (Å²) in [5, 5.41) is 7.06. The molecule has 32 heavy (non-hydrogen) atoms. The summed E-state index contributed by atoms with van der Waals surface area (Å²) in [7, 11) is 0. The Hall–Kier alpha value is -2.58. The quantitative estimate of drug-likeness (QED) is 0.341. The van der Waals surface area contributed by atoms with Gasteiger partial charge in [0.2, 0.25) is 11.8 Å². The molecule has 2 heterocycles. The van der Waals surface area contributed by atoms with Gasteiger partial charge in [-0.15, -0.1) is 0 Å². The van der Waals surface area contributed by atoms with Gasteiger partial charge in [-0.05, 0) is 56.8 Å². The number of hydrogen-bond acceptors (Lipinski definition) is 4. The molecule has 1 saturated heterocycles. The normalized spacial score (nSPS) is 19.6. The van der Waals surface area contributed by atoms with E-state index >= 15 is 0 Å². The molecule has 2 aliphatic rings. The molecule has 1 aliphatic carbocycles. The lowest BCUT2D eigenvalue weighted by Crippen LogP contribution is -2.39. The molecule has 0 spiro atoms. The van der Waals surface area contributed by atoms with Crippen molar-refractivity contribution in [1.29, 1.82) is 0 Å². The number of carbonyl (C=O) groups excluding carboxylic acids is 2. The van der Waals surface area contributed by atoms with E-state index in [0.717, 1.165) is 47.5 Å². The highest BCUT2D eigenvalue weighted by Crippen LogP contribution is 2.33. The van der Waals surface area contributed by atoms with Crippen LogP contribution in [-0.2, 0) is 9.59 Å². The van der Waals surface area contributed by atoms with Crippen molar-refractivity contribution >= 4 is 22.8 Å². The van der Waals surface area contributed by atoms with Crippen LogP contribution >= 0.6 is 0 Å². The standard InChI is InChI=1S/C27H34N2O3/c30-26-16-14-22(27(31)29-26)24-19-32-25-15-13-20(18-23(24)25)10-6-3-1-2-4-9-17-28-21-11-7-5-8-12-21/h13,15,18-19,21-22,28H,1-5,7-9,11-12,14,16-17H2,(H,29,30,31). The van der Waals surface area contributed by atoms with Crippen LogP contribution in [0.3, 0.4) is 0 Å². The Kier molecular flexibility index (Phi) is 8.01. The Morgan fingerprint density at radius 3 is 2.72 bits per heavy atom. The highest BCUT2D eigenvalue weighted by atomic mass is 16.3. The fraction of sp³-hybridized carbons (Fsp3) is 0.556. The first-order chi connectivity index (χ1) is 15.7. The van der Waals surface area contributed by atoms with Crippen molar-refractivity contribution in [3.8, 4) is 11.8 Å². The van der Waals surface area contributed by atoms with Crippen LogP contribution in [0.1, 0.15) is 94.1 Å². The molecule has 1 aliphatic heterocycles. The van der Waals surface area contributed by atoms with Crippen molar-refractivity contribution in [2.45, 2.75) is 89.0 Å². The predicted molar refractivity (Wildman–Crippen MR) is 126 cm³/mol. The summed E-state index contributed by atoms with van der Waals surface area (Å²) in [4.78, 5) is 23.7. The Morgan fingerprint density at radius 2 is 1.88 bits per heavy atom. The molecule has 1 unspecified atom stereocenters. The van der Waals surface area contributed by atoms with Gasteiger partial charge >= 0.3 is 0 Å². The van der Waals surface area contributed by atoms with Gasteiger partial charge in [-0.3, -0.25) is 14.9 Å². The van der Waals surface area contributed by atoms with Crippen molar-refractivity contribution in [2.24, 2.45) is 0 Å². The van der Waals surface area contributed by atoms with Crippen LogP contribution in [0, 0.1) is 11.8 Å². The summed E-state index contributed by atoms with van der Waals surface area (Å²) in [5.41, 5.74) is 2.52. The zero-order valence-electron chi connectivity index (χ0n) is 18.9. The summed E-state index contributed by atoms with van der Waals surface area (Å²) < 4.78 is 5.64. The van der Waals surface area contributed by atoms with Gasteiger partial charge < -0.3 is 9.73 Å². The molecule has 1 saturated carbocycles. The Balaban J connectivity index is 1.22. The van der Waals surface area contributed by atoms with Crippen LogP contribution in [0.25, 0.3) is 11.0 Å². The van der Waals surface area contributed by atoms with Crippen molar-refractivity contribution in [3.63, 3.8) is 0 Å². The largest absolute Gasteiger partial charge is 0.464 e. The maximum atomic E-state index is 12.2.